The van der Waals surface area contributed by atoms with Gasteiger partial charge in [-0.3, -0.25) is 19.9 Å². The number of ether oxygens (including phenoxy) is 1. The van der Waals surface area contributed by atoms with Crippen LogP contribution in [0.4, 0.5) is 20.6 Å². The fraction of sp³-hybridized carbons (Fsp3) is 0.348. The molecular weight excluding hydrogens is 411 g/mol. The SMILES string of the molecule is CC(C)(C)OC(=O)N[C@H]1CCN(c2c(F)cncc2/N=C/c2ccc3nccnc3c2)C1. The second kappa shape index (κ2) is 8.86. The van der Waals surface area contributed by atoms with Gasteiger partial charge in [-0.2, -0.15) is 0 Å². The van der Waals surface area contributed by atoms with Gasteiger partial charge in [0.25, 0.3) is 0 Å². The van der Waals surface area contributed by atoms with Gasteiger partial charge >= 0.3 is 6.09 Å². The zero-order chi connectivity index (χ0) is 22.7. The second-order valence-electron chi connectivity index (χ2n) is 8.63. The summed E-state index contributed by atoms with van der Waals surface area (Å²) in [4.78, 5) is 30.9. The number of nitrogens with one attached hydrogen (secondary N) is 1. The summed E-state index contributed by atoms with van der Waals surface area (Å²) in [6.45, 7) is 6.47. The minimum atomic E-state index is -0.574. The van der Waals surface area contributed by atoms with Crippen molar-refractivity contribution in [2.75, 3.05) is 18.0 Å². The van der Waals surface area contributed by atoms with Crippen LogP contribution in [0.3, 0.4) is 0 Å². The van der Waals surface area contributed by atoms with Gasteiger partial charge in [0.1, 0.15) is 17.0 Å². The number of rotatable bonds is 4. The number of carbonyl (C=O) groups is 1. The van der Waals surface area contributed by atoms with Crippen molar-refractivity contribution in [1.29, 1.82) is 0 Å². The molecule has 9 heteroatoms. The molecule has 1 aromatic carbocycles. The van der Waals surface area contributed by atoms with Crippen LogP contribution in [-0.4, -0.2) is 52.0 Å². The number of amides is 1. The van der Waals surface area contributed by atoms with Crippen molar-refractivity contribution in [3.05, 3.63) is 54.4 Å². The molecule has 0 spiro atoms. The third kappa shape index (κ3) is 5.16. The quantitative estimate of drug-likeness (QED) is 0.621. The first-order chi connectivity index (χ1) is 15.3. The molecule has 8 nitrogen and oxygen atoms in total. The van der Waals surface area contributed by atoms with E-state index in [9.17, 15) is 9.18 Å². The molecule has 0 bridgehead atoms. The van der Waals surface area contributed by atoms with E-state index in [4.69, 9.17) is 4.74 Å². The van der Waals surface area contributed by atoms with Gasteiger partial charge in [-0.25, -0.2) is 9.18 Å². The van der Waals surface area contributed by atoms with E-state index in [1.54, 1.807) is 18.6 Å². The van der Waals surface area contributed by atoms with E-state index in [0.717, 1.165) is 16.6 Å². The van der Waals surface area contributed by atoms with Crippen LogP contribution >= 0.6 is 0 Å². The van der Waals surface area contributed by atoms with Crippen LogP contribution in [0.5, 0.6) is 0 Å². The third-order valence-corrected chi connectivity index (χ3v) is 4.92. The number of hydrogen-bond acceptors (Lipinski definition) is 7. The van der Waals surface area contributed by atoms with Gasteiger partial charge in [-0.15, -0.1) is 0 Å². The van der Waals surface area contributed by atoms with Crippen molar-refractivity contribution in [3.63, 3.8) is 0 Å². The highest BCUT2D eigenvalue weighted by atomic mass is 19.1. The number of carbonyl (C=O) groups excluding carboxylic acids is 1. The number of fused-ring (bicyclic) bond motifs is 1. The Bertz CT molecular complexity index is 1160. The first-order valence-electron chi connectivity index (χ1n) is 10.4. The molecule has 1 N–H and O–H groups in total. The monoisotopic (exact) mass is 436 g/mol. The van der Waals surface area contributed by atoms with E-state index in [-0.39, 0.29) is 6.04 Å². The number of benzene rings is 1. The molecule has 0 radical (unpaired) electrons. The molecule has 3 aromatic rings. The molecule has 0 aliphatic carbocycles. The zero-order valence-electron chi connectivity index (χ0n) is 18.2. The van der Waals surface area contributed by atoms with Crippen LogP contribution in [0.25, 0.3) is 11.0 Å². The molecule has 3 heterocycles. The fourth-order valence-electron chi connectivity index (χ4n) is 3.59. The number of aromatic nitrogens is 3. The summed E-state index contributed by atoms with van der Waals surface area (Å²) in [5.74, 6) is -0.457. The predicted octanol–water partition coefficient (Wildman–Crippen LogP) is 4.02. The number of anilines is 1. The minimum Gasteiger partial charge on any atom is -0.444 e. The molecule has 0 unspecified atom stereocenters. The van der Waals surface area contributed by atoms with Crippen LogP contribution in [0, 0.1) is 5.82 Å². The highest BCUT2D eigenvalue weighted by Crippen LogP contribution is 2.33. The maximum Gasteiger partial charge on any atom is 0.407 e. The molecule has 0 saturated carbocycles. The molecule has 1 atom stereocenters. The molecule has 4 rings (SSSR count). The van der Waals surface area contributed by atoms with E-state index in [1.165, 1.54) is 12.4 Å². The standard InChI is InChI=1S/C23H25FN6O2/c1-23(2,3)32-22(31)29-16-6-9-30(14-16)21-17(24)12-25-13-20(21)28-11-15-4-5-18-19(10-15)27-8-7-26-18/h4-5,7-8,10-13,16H,6,9,14H2,1-3H3,(H,29,31)/b28-11+/t16-/m0/s1. The maximum atomic E-state index is 14.7. The lowest BCUT2D eigenvalue weighted by atomic mass is 10.2. The van der Waals surface area contributed by atoms with E-state index in [1.807, 2.05) is 43.9 Å². The molecule has 1 aliphatic rings. The van der Waals surface area contributed by atoms with Crippen LogP contribution in [0.1, 0.15) is 32.8 Å². The smallest absolute Gasteiger partial charge is 0.407 e. The Labute approximate surface area is 185 Å². The summed E-state index contributed by atoms with van der Waals surface area (Å²) >= 11 is 0. The Morgan fingerprint density at radius 2 is 2.03 bits per heavy atom. The summed E-state index contributed by atoms with van der Waals surface area (Å²) in [5, 5.41) is 2.86. The predicted molar refractivity (Wildman–Crippen MR) is 121 cm³/mol. The van der Waals surface area contributed by atoms with Crippen molar-refractivity contribution in [1.82, 2.24) is 20.3 Å². The Kier molecular flexibility index (Phi) is 5.98. The maximum absolute atomic E-state index is 14.7. The molecule has 1 amide bonds. The first-order valence-corrected chi connectivity index (χ1v) is 10.4. The number of alkyl carbamates (subject to hydrolysis) is 1. The van der Waals surface area contributed by atoms with Crippen molar-refractivity contribution in [2.45, 2.75) is 38.8 Å². The van der Waals surface area contributed by atoms with Crippen molar-refractivity contribution in [2.24, 2.45) is 4.99 Å². The number of aliphatic imine (C=N–C) groups is 1. The molecule has 1 saturated heterocycles. The highest BCUT2D eigenvalue weighted by Gasteiger charge is 2.29. The topological polar surface area (TPSA) is 92.6 Å². The van der Waals surface area contributed by atoms with Crippen molar-refractivity contribution in [3.8, 4) is 0 Å². The van der Waals surface area contributed by atoms with Crippen LogP contribution in [-0.2, 0) is 4.74 Å². The Balaban J connectivity index is 1.50. The van der Waals surface area contributed by atoms with Gasteiger partial charge in [-0.1, -0.05) is 6.07 Å². The average molecular weight is 436 g/mol. The van der Waals surface area contributed by atoms with E-state index in [2.05, 4.69) is 25.3 Å². The van der Waals surface area contributed by atoms with Gasteiger partial charge in [0.15, 0.2) is 5.82 Å². The van der Waals surface area contributed by atoms with E-state index < -0.39 is 17.5 Å². The fourth-order valence-corrected chi connectivity index (χ4v) is 3.59. The molecule has 32 heavy (non-hydrogen) atoms. The van der Waals surface area contributed by atoms with Crippen molar-refractivity contribution >= 4 is 34.7 Å². The molecular formula is C23H25FN6O2. The third-order valence-electron chi connectivity index (χ3n) is 4.92. The first kappa shape index (κ1) is 21.6. The summed E-state index contributed by atoms with van der Waals surface area (Å²) in [6, 6.07) is 5.47. The normalized spacial score (nSPS) is 16.6. The summed E-state index contributed by atoms with van der Waals surface area (Å²) < 4.78 is 20.1. The largest absolute Gasteiger partial charge is 0.444 e. The van der Waals surface area contributed by atoms with Gasteiger partial charge in [0.05, 0.1) is 29.5 Å². The number of halogens is 1. The van der Waals surface area contributed by atoms with E-state index in [0.29, 0.717) is 30.9 Å². The number of nitrogens with zero attached hydrogens (tertiary/aromatic N) is 5. The van der Waals surface area contributed by atoms with Crippen LogP contribution < -0.4 is 10.2 Å². The lowest BCUT2D eigenvalue weighted by molar-refractivity contribution is 0.0509. The van der Waals surface area contributed by atoms with Gasteiger partial charge < -0.3 is 15.0 Å². The average Bonchev–Trinajstić information content (AvgIpc) is 3.18. The Morgan fingerprint density at radius 1 is 1.25 bits per heavy atom. The lowest BCUT2D eigenvalue weighted by Crippen LogP contribution is -2.40. The Morgan fingerprint density at radius 3 is 2.81 bits per heavy atom. The van der Waals surface area contributed by atoms with Gasteiger partial charge in [0.2, 0.25) is 0 Å². The van der Waals surface area contributed by atoms with Crippen LogP contribution in [0.15, 0.2) is 48.0 Å². The Hall–Kier alpha value is -3.62. The second-order valence-corrected chi connectivity index (χ2v) is 8.63. The lowest BCUT2D eigenvalue weighted by Gasteiger charge is -2.23. The summed E-state index contributed by atoms with van der Waals surface area (Å²) in [6.07, 6.45) is 7.83. The van der Waals surface area contributed by atoms with Gasteiger partial charge in [-0.05, 0) is 44.9 Å². The molecule has 166 valence electrons. The molecule has 1 aliphatic heterocycles. The number of pyridine rings is 1. The zero-order valence-corrected chi connectivity index (χ0v) is 18.2. The van der Waals surface area contributed by atoms with Crippen LogP contribution in [0.2, 0.25) is 0 Å². The van der Waals surface area contributed by atoms with E-state index >= 15 is 0 Å². The molecule has 2 aromatic heterocycles. The van der Waals surface area contributed by atoms with Crippen molar-refractivity contribution < 1.29 is 13.9 Å². The number of hydrogen-bond donors (Lipinski definition) is 1. The molecule has 1 fully saturated rings. The highest BCUT2D eigenvalue weighted by molar-refractivity contribution is 5.89. The summed E-state index contributed by atoms with van der Waals surface area (Å²) in [5.41, 5.74) is 2.57. The minimum absolute atomic E-state index is 0.145. The summed E-state index contributed by atoms with van der Waals surface area (Å²) in [7, 11) is 0. The van der Waals surface area contributed by atoms with Gasteiger partial charge in [0, 0.05) is 31.7 Å².